The standard InChI is InChI=1S/C10H5ClN4.C6H3BrN2.C4H3BClN2O2/c1-12-9-4-7(2-3-13-9)8-5-14-10(11)15-6-8;1-8-6-4-5(7)2-3-9-6;6-4-7-1-3(2-8-4)10-5-9/h2-6H;2-4H;1-2,9H. The van der Waals surface area contributed by atoms with E-state index in [9.17, 15) is 0 Å². The van der Waals surface area contributed by atoms with Crippen molar-refractivity contribution in [1.82, 2.24) is 29.9 Å². The minimum atomic E-state index is 0.144. The predicted octanol–water partition coefficient (Wildman–Crippen LogP) is 5.17. The summed E-state index contributed by atoms with van der Waals surface area (Å²) < 4.78 is 5.40. The summed E-state index contributed by atoms with van der Waals surface area (Å²) in [6.07, 6.45) is 9.09. The van der Waals surface area contributed by atoms with Gasteiger partial charge in [0.25, 0.3) is 11.6 Å². The second-order valence-electron chi connectivity index (χ2n) is 5.61. The summed E-state index contributed by atoms with van der Waals surface area (Å²) in [4.78, 5) is 29.0. The molecule has 167 valence electrons. The first-order valence-corrected chi connectivity index (χ1v) is 10.4. The Bertz CT molecular complexity index is 1290. The van der Waals surface area contributed by atoms with E-state index < -0.39 is 0 Å². The van der Waals surface area contributed by atoms with Gasteiger partial charge in [-0.25, -0.2) is 19.9 Å². The van der Waals surface area contributed by atoms with Crippen molar-refractivity contribution in [2.75, 3.05) is 0 Å². The third-order valence-corrected chi connectivity index (χ3v) is 4.30. The van der Waals surface area contributed by atoms with Crippen LogP contribution in [0, 0.1) is 13.1 Å². The molecule has 1 radical (unpaired) electrons. The van der Waals surface area contributed by atoms with Crippen LogP contribution in [-0.4, -0.2) is 42.6 Å². The zero-order valence-electron chi connectivity index (χ0n) is 16.9. The van der Waals surface area contributed by atoms with Gasteiger partial charge in [0.05, 0.1) is 12.4 Å². The molecule has 4 rings (SSSR count). The van der Waals surface area contributed by atoms with Crippen LogP contribution in [0.5, 0.6) is 5.75 Å². The van der Waals surface area contributed by atoms with Gasteiger partial charge in [-0.05, 0) is 53.0 Å². The summed E-state index contributed by atoms with van der Waals surface area (Å²) in [5.74, 6) is 1.11. The average molecular weight is 557 g/mol. The van der Waals surface area contributed by atoms with Crippen molar-refractivity contribution in [2.24, 2.45) is 0 Å². The third kappa shape index (κ3) is 9.44. The SMILES string of the molecule is O[B]Oc1cnc(Cl)nc1.[C-]#[N+]c1cc(-c2cnc(Cl)nc2)ccn1.[C-]#[N+]c1cc(Br)ccn1. The maximum absolute atomic E-state index is 8.15. The Morgan fingerprint density at radius 1 is 0.794 bits per heavy atom. The molecule has 4 aromatic heterocycles. The highest BCUT2D eigenvalue weighted by molar-refractivity contribution is 9.10. The van der Waals surface area contributed by atoms with Gasteiger partial charge in [-0.1, -0.05) is 29.1 Å². The van der Waals surface area contributed by atoms with E-state index in [-0.39, 0.29) is 10.6 Å². The highest BCUT2D eigenvalue weighted by atomic mass is 79.9. The Labute approximate surface area is 213 Å². The lowest BCUT2D eigenvalue weighted by molar-refractivity contribution is 0.451. The molecule has 0 saturated heterocycles. The lowest BCUT2D eigenvalue weighted by Gasteiger charge is -1.99. The molecule has 14 heteroatoms. The first-order chi connectivity index (χ1) is 16.4. The lowest BCUT2D eigenvalue weighted by atomic mass is 10.1. The summed E-state index contributed by atoms with van der Waals surface area (Å²) in [5, 5.41) is 8.50. The van der Waals surface area contributed by atoms with Crippen LogP contribution in [0.15, 0.2) is 65.9 Å². The Hall–Kier alpha value is -3.68. The monoisotopic (exact) mass is 555 g/mol. The third-order valence-electron chi connectivity index (χ3n) is 3.42. The summed E-state index contributed by atoms with van der Waals surface area (Å²) in [6, 6.07) is 6.93. The number of pyridine rings is 2. The normalized spacial score (nSPS) is 9.12. The molecular formula is C20H11BBrCl2N8O2. The van der Waals surface area contributed by atoms with Gasteiger partial charge in [0.1, 0.15) is 18.1 Å². The fourth-order valence-corrected chi connectivity index (χ4v) is 2.52. The van der Waals surface area contributed by atoms with E-state index in [0.29, 0.717) is 25.1 Å². The van der Waals surface area contributed by atoms with Crippen molar-refractivity contribution in [3.63, 3.8) is 0 Å². The predicted molar refractivity (Wildman–Crippen MR) is 130 cm³/mol. The van der Waals surface area contributed by atoms with Crippen LogP contribution >= 0.6 is 39.1 Å². The van der Waals surface area contributed by atoms with Gasteiger partial charge >= 0.3 is 7.69 Å². The first-order valence-electron chi connectivity index (χ1n) is 8.85. The number of rotatable bonds is 3. The van der Waals surface area contributed by atoms with Gasteiger partial charge in [-0.15, -0.1) is 9.97 Å². The molecule has 0 unspecified atom stereocenters. The fourth-order valence-electron chi connectivity index (χ4n) is 2.00. The first kappa shape index (κ1) is 26.6. The van der Waals surface area contributed by atoms with Crippen LogP contribution in [-0.2, 0) is 0 Å². The fraction of sp³-hybridized carbons (Fsp3) is 0. The van der Waals surface area contributed by atoms with Crippen LogP contribution in [0.2, 0.25) is 10.6 Å². The van der Waals surface area contributed by atoms with Gasteiger partial charge in [0.15, 0.2) is 0 Å². The van der Waals surface area contributed by atoms with Crippen LogP contribution in [0.4, 0.5) is 11.6 Å². The zero-order chi connectivity index (χ0) is 24.8. The van der Waals surface area contributed by atoms with E-state index in [4.69, 9.17) is 41.4 Å². The molecular weight excluding hydrogens is 546 g/mol. The molecule has 0 saturated carbocycles. The van der Waals surface area contributed by atoms with Crippen LogP contribution < -0.4 is 4.65 Å². The second kappa shape index (κ2) is 14.5. The molecule has 1 N–H and O–H groups in total. The van der Waals surface area contributed by atoms with Crippen LogP contribution in [0.3, 0.4) is 0 Å². The smallest absolute Gasteiger partial charge is 0.535 e. The van der Waals surface area contributed by atoms with Crippen LogP contribution in [0.25, 0.3) is 20.8 Å². The molecule has 0 atom stereocenters. The Kier molecular flexibility index (Phi) is 11.3. The zero-order valence-corrected chi connectivity index (χ0v) is 20.0. The van der Waals surface area contributed by atoms with E-state index in [2.05, 4.69) is 60.2 Å². The highest BCUT2D eigenvalue weighted by Gasteiger charge is 2.01. The number of hydrogen-bond donors (Lipinski definition) is 1. The van der Waals surface area contributed by atoms with Crippen molar-refractivity contribution in [1.29, 1.82) is 0 Å². The van der Waals surface area contributed by atoms with E-state index >= 15 is 0 Å². The Morgan fingerprint density at radius 2 is 1.32 bits per heavy atom. The largest absolute Gasteiger partial charge is 0.569 e. The van der Waals surface area contributed by atoms with Gasteiger partial charge in [0, 0.05) is 22.4 Å². The molecule has 0 aliphatic rings. The van der Waals surface area contributed by atoms with Gasteiger partial charge < -0.3 is 19.4 Å². The summed E-state index contributed by atoms with van der Waals surface area (Å²) >= 11 is 14.2. The maximum atomic E-state index is 8.15. The Balaban J connectivity index is 0.000000189. The number of nitrogens with zero attached hydrogens (tertiary/aromatic N) is 8. The summed E-state index contributed by atoms with van der Waals surface area (Å²) in [6.45, 7) is 13.4. The van der Waals surface area contributed by atoms with Gasteiger partial charge in [-0.2, -0.15) is 0 Å². The quantitative estimate of drug-likeness (QED) is 0.209. The molecule has 4 heterocycles. The molecule has 0 fully saturated rings. The summed E-state index contributed by atoms with van der Waals surface area (Å²) in [7, 11) is 0.548. The number of halogens is 3. The van der Waals surface area contributed by atoms with Crippen molar-refractivity contribution in [3.05, 3.63) is 99.3 Å². The van der Waals surface area contributed by atoms with E-state index in [1.165, 1.54) is 12.4 Å². The summed E-state index contributed by atoms with van der Waals surface area (Å²) in [5.41, 5.74) is 1.67. The molecule has 0 spiro atoms. The van der Waals surface area contributed by atoms with Crippen molar-refractivity contribution >= 4 is 58.5 Å². The number of aromatic nitrogens is 6. The average Bonchev–Trinajstić information content (AvgIpc) is 2.87. The highest BCUT2D eigenvalue weighted by Crippen LogP contribution is 2.21. The minimum Gasteiger partial charge on any atom is -0.535 e. The number of hydrogen-bond acceptors (Lipinski definition) is 8. The van der Waals surface area contributed by atoms with E-state index in [1.807, 2.05) is 0 Å². The molecule has 4 aromatic rings. The second-order valence-corrected chi connectivity index (χ2v) is 7.20. The molecule has 10 nitrogen and oxygen atoms in total. The molecule has 0 bridgehead atoms. The van der Waals surface area contributed by atoms with Crippen molar-refractivity contribution < 1.29 is 9.68 Å². The molecule has 34 heavy (non-hydrogen) atoms. The van der Waals surface area contributed by atoms with E-state index in [1.54, 1.807) is 49.1 Å². The maximum Gasteiger partial charge on any atom is 0.569 e. The van der Waals surface area contributed by atoms with Crippen LogP contribution in [0.1, 0.15) is 0 Å². The molecule has 0 aliphatic carbocycles. The molecule has 0 aromatic carbocycles. The topological polar surface area (TPSA) is 116 Å². The Morgan fingerprint density at radius 3 is 1.82 bits per heavy atom. The lowest BCUT2D eigenvalue weighted by Crippen LogP contribution is -2.00. The van der Waals surface area contributed by atoms with Crippen molar-refractivity contribution in [2.45, 2.75) is 0 Å². The minimum absolute atomic E-state index is 0.144. The van der Waals surface area contributed by atoms with Crippen molar-refractivity contribution in [3.8, 4) is 16.9 Å². The molecule has 0 aliphatic heterocycles. The molecule has 0 amide bonds. The van der Waals surface area contributed by atoms with Gasteiger partial charge in [0.2, 0.25) is 10.6 Å². The van der Waals surface area contributed by atoms with Gasteiger partial charge in [-0.3, -0.25) is 0 Å². The van der Waals surface area contributed by atoms with E-state index in [0.717, 1.165) is 15.6 Å².